The molecule has 0 amide bonds. The van der Waals surface area contributed by atoms with Gasteiger partial charge in [-0.25, -0.2) is 0 Å². The van der Waals surface area contributed by atoms with Crippen molar-refractivity contribution in [3.63, 3.8) is 0 Å². The number of hydrogen-bond acceptors (Lipinski definition) is 2. The highest BCUT2D eigenvalue weighted by atomic mass is 32.1. The summed E-state index contributed by atoms with van der Waals surface area (Å²) < 4.78 is 0. The third-order valence-electron chi connectivity index (χ3n) is 1.81. The molecule has 0 aromatic carbocycles. The van der Waals surface area contributed by atoms with E-state index in [1.54, 1.807) is 0 Å². The maximum absolute atomic E-state index is 5.63. The van der Waals surface area contributed by atoms with Crippen LogP contribution in [-0.4, -0.2) is 29.0 Å². The Morgan fingerprint density at radius 2 is 2.00 bits per heavy atom. The molecule has 0 aromatic heterocycles. The van der Waals surface area contributed by atoms with Crippen molar-refractivity contribution in [3.8, 4) is 0 Å². The van der Waals surface area contributed by atoms with Crippen LogP contribution in [0.15, 0.2) is 0 Å². The zero-order valence-electron chi connectivity index (χ0n) is 6.34. The molecular weight excluding hydrogens is 144 g/mol. The summed E-state index contributed by atoms with van der Waals surface area (Å²) in [5.41, 5.74) is 5.63. The van der Waals surface area contributed by atoms with Gasteiger partial charge in [-0.05, 0) is 19.8 Å². The molecule has 2 N–H and O–H groups in total. The van der Waals surface area contributed by atoms with Crippen LogP contribution >= 0.6 is 12.2 Å². The number of thiocarbonyl (C=S) groups is 1. The van der Waals surface area contributed by atoms with E-state index in [1.807, 2.05) is 6.92 Å². The summed E-state index contributed by atoms with van der Waals surface area (Å²) in [5.74, 6) is 0. The van der Waals surface area contributed by atoms with Gasteiger partial charge < -0.3 is 10.6 Å². The lowest BCUT2D eigenvalue weighted by Gasteiger charge is -2.20. The van der Waals surface area contributed by atoms with Gasteiger partial charge in [0.25, 0.3) is 0 Å². The van der Waals surface area contributed by atoms with Gasteiger partial charge in [0.15, 0.2) is 0 Å². The first-order valence-electron chi connectivity index (χ1n) is 3.76. The number of nitrogens with two attached hydrogens (primary N) is 1. The second-order valence-electron chi connectivity index (χ2n) is 2.82. The van der Waals surface area contributed by atoms with Crippen LogP contribution < -0.4 is 5.73 Å². The second kappa shape index (κ2) is 3.30. The van der Waals surface area contributed by atoms with E-state index in [-0.39, 0.29) is 6.04 Å². The van der Waals surface area contributed by atoms with E-state index in [0.29, 0.717) is 0 Å². The number of rotatable bonds is 1. The van der Waals surface area contributed by atoms with Gasteiger partial charge in [-0.3, -0.25) is 0 Å². The molecule has 1 fully saturated rings. The van der Waals surface area contributed by atoms with Gasteiger partial charge in [0.2, 0.25) is 0 Å². The van der Waals surface area contributed by atoms with Crippen LogP contribution in [0.3, 0.4) is 0 Å². The first kappa shape index (κ1) is 7.95. The molecule has 0 bridgehead atoms. The van der Waals surface area contributed by atoms with Crippen molar-refractivity contribution in [2.75, 3.05) is 13.1 Å². The van der Waals surface area contributed by atoms with Crippen molar-refractivity contribution in [2.45, 2.75) is 25.8 Å². The first-order chi connectivity index (χ1) is 4.72. The molecule has 0 aliphatic carbocycles. The zero-order valence-corrected chi connectivity index (χ0v) is 7.16. The van der Waals surface area contributed by atoms with E-state index in [4.69, 9.17) is 18.0 Å². The van der Waals surface area contributed by atoms with E-state index < -0.39 is 0 Å². The Kier molecular flexibility index (Phi) is 2.63. The minimum atomic E-state index is 0.0492. The van der Waals surface area contributed by atoms with Crippen LogP contribution in [0.5, 0.6) is 0 Å². The molecule has 0 spiro atoms. The molecule has 10 heavy (non-hydrogen) atoms. The standard InChI is InChI=1S/C7H14N2S/c1-6(8)7(10)9-4-2-3-5-9/h6H,2-5,8H2,1H3/t6-/m0/s1. The summed E-state index contributed by atoms with van der Waals surface area (Å²) in [4.78, 5) is 3.14. The van der Waals surface area contributed by atoms with E-state index in [0.717, 1.165) is 18.1 Å². The van der Waals surface area contributed by atoms with Crippen LogP contribution in [0.1, 0.15) is 19.8 Å². The molecule has 1 saturated heterocycles. The van der Waals surface area contributed by atoms with Crippen LogP contribution in [0.2, 0.25) is 0 Å². The minimum Gasteiger partial charge on any atom is -0.365 e. The van der Waals surface area contributed by atoms with E-state index in [2.05, 4.69) is 4.90 Å². The molecule has 0 radical (unpaired) electrons. The molecule has 1 heterocycles. The maximum atomic E-state index is 5.63. The van der Waals surface area contributed by atoms with Gasteiger partial charge >= 0.3 is 0 Å². The smallest absolute Gasteiger partial charge is 0.0946 e. The Labute approximate surface area is 67.4 Å². The Hall–Kier alpha value is -0.150. The maximum Gasteiger partial charge on any atom is 0.0946 e. The number of likely N-dealkylation sites (tertiary alicyclic amines) is 1. The SMILES string of the molecule is C[C@H](N)C(=S)N1CCCC1. The van der Waals surface area contributed by atoms with Crippen LogP contribution in [-0.2, 0) is 0 Å². The highest BCUT2D eigenvalue weighted by molar-refractivity contribution is 7.80. The lowest BCUT2D eigenvalue weighted by atomic mass is 10.3. The van der Waals surface area contributed by atoms with Crippen molar-refractivity contribution in [3.05, 3.63) is 0 Å². The van der Waals surface area contributed by atoms with Crippen molar-refractivity contribution in [1.82, 2.24) is 4.90 Å². The van der Waals surface area contributed by atoms with Gasteiger partial charge in [-0.1, -0.05) is 12.2 Å². The summed E-state index contributed by atoms with van der Waals surface area (Å²) in [7, 11) is 0. The Morgan fingerprint density at radius 1 is 1.50 bits per heavy atom. The van der Waals surface area contributed by atoms with Gasteiger partial charge in [0.1, 0.15) is 0 Å². The van der Waals surface area contributed by atoms with Crippen molar-refractivity contribution >= 4 is 17.2 Å². The fourth-order valence-electron chi connectivity index (χ4n) is 1.23. The lowest BCUT2D eigenvalue weighted by Crippen LogP contribution is -2.38. The summed E-state index contributed by atoms with van der Waals surface area (Å²) in [6.45, 7) is 4.17. The summed E-state index contributed by atoms with van der Waals surface area (Å²) in [6, 6.07) is 0.0492. The van der Waals surface area contributed by atoms with Gasteiger partial charge in [0, 0.05) is 13.1 Å². The number of nitrogens with zero attached hydrogens (tertiary/aromatic N) is 1. The fourth-order valence-corrected chi connectivity index (χ4v) is 1.41. The van der Waals surface area contributed by atoms with Crippen molar-refractivity contribution in [2.24, 2.45) is 5.73 Å². The molecule has 1 aliphatic heterocycles. The van der Waals surface area contributed by atoms with Crippen molar-refractivity contribution < 1.29 is 0 Å². The monoisotopic (exact) mass is 158 g/mol. The summed E-state index contributed by atoms with van der Waals surface area (Å²) >= 11 is 5.14. The van der Waals surface area contributed by atoms with E-state index in [9.17, 15) is 0 Å². The van der Waals surface area contributed by atoms with Gasteiger partial charge in [-0.2, -0.15) is 0 Å². The van der Waals surface area contributed by atoms with E-state index in [1.165, 1.54) is 12.8 Å². The molecule has 2 nitrogen and oxygen atoms in total. The molecule has 1 rings (SSSR count). The van der Waals surface area contributed by atoms with Gasteiger partial charge in [0.05, 0.1) is 11.0 Å². The minimum absolute atomic E-state index is 0.0492. The molecule has 0 saturated carbocycles. The second-order valence-corrected chi connectivity index (χ2v) is 3.24. The molecule has 0 aromatic rings. The quantitative estimate of drug-likeness (QED) is 0.571. The Bertz CT molecular complexity index is 128. The van der Waals surface area contributed by atoms with Crippen LogP contribution in [0.25, 0.3) is 0 Å². The zero-order chi connectivity index (χ0) is 7.56. The van der Waals surface area contributed by atoms with Gasteiger partial charge in [-0.15, -0.1) is 0 Å². The van der Waals surface area contributed by atoms with Crippen molar-refractivity contribution in [1.29, 1.82) is 0 Å². The molecule has 3 heteroatoms. The normalized spacial score (nSPS) is 21.2. The Balaban J connectivity index is 2.40. The fraction of sp³-hybridized carbons (Fsp3) is 0.857. The average Bonchev–Trinajstić information content (AvgIpc) is 2.36. The molecule has 1 aliphatic rings. The highest BCUT2D eigenvalue weighted by Crippen LogP contribution is 2.09. The third-order valence-corrected chi connectivity index (χ3v) is 2.44. The lowest BCUT2D eigenvalue weighted by molar-refractivity contribution is 0.511. The third kappa shape index (κ3) is 1.67. The average molecular weight is 158 g/mol. The van der Waals surface area contributed by atoms with Crippen LogP contribution in [0.4, 0.5) is 0 Å². The highest BCUT2D eigenvalue weighted by Gasteiger charge is 2.16. The number of hydrogen-bond donors (Lipinski definition) is 1. The molecule has 0 unspecified atom stereocenters. The molecule has 1 atom stereocenters. The predicted octanol–water partition coefficient (Wildman–Crippen LogP) is 0.757. The summed E-state index contributed by atoms with van der Waals surface area (Å²) in [6.07, 6.45) is 2.54. The van der Waals surface area contributed by atoms with Crippen LogP contribution in [0, 0.1) is 0 Å². The first-order valence-corrected chi connectivity index (χ1v) is 4.17. The van der Waals surface area contributed by atoms with E-state index >= 15 is 0 Å². The topological polar surface area (TPSA) is 29.3 Å². The Morgan fingerprint density at radius 3 is 2.40 bits per heavy atom. The largest absolute Gasteiger partial charge is 0.365 e. The summed E-state index contributed by atoms with van der Waals surface area (Å²) in [5, 5.41) is 0. The predicted molar refractivity (Wildman–Crippen MR) is 47.1 cm³/mol. The molecule has 58 valence electrons. The molecular formula is C7H14N2S.